The number of carbonyl (C=O) groups is 2. The van der Waals surface area contributed by atoms with E-state index in [2.05, 4.69) is 5.32 Å². The molecule has 7 heteroatoms. The first-order valence-electron chi connectivity index (χ1n) is 9.63. The SMILES string of the molecule is COc1cccc(OC)c1C(=O)Nc1ccc2c(c1)N(C(=O)c1cccs1)CCC2. The fourth-order valence-electron chi connectivity index (χ4n) is 3.67. The third kappa shape index (κ3) is 3.76. The third-order valence-corrected chi connectivity index (χ3v) is 5.95. The number of thiophene rings is 1. The van der Waals surface area contributed by atoms with Crippen LogP contribution in [0.4, 0.5) is 11.4 Å². The molecule has 2 amide bonds. The number of nitrogens with one attached hydrogen (secondary N) is 1. The molecule has 30 heavy (non-hydrogen) atoms. The van der Waals surface area contributed by atoms with Crippen molar-refractivity contribution in [3.63, 3.8) is 0 Å². The fraction of sp³-hybridized carbons (Fsp3) is 0.217. The van der Waals surface area contributed by atoms with Crippen LogP contribution in [0.2, 0.25) is 0 Å². The van der Waals surface area contributed by atoms with Gasteiger partial charge in [-0.25, -0.2) is 0 Å². The van der Waals surface area contributed by atoms with E-state index in [0.717, 1.165) is 24.1 Å². The average molecular weight is 423 g/mol. The predicted octanol–water partition coefficient (Wildman–Crippen LogP) is 4.61. The monoisotopic (exact) mass is 422 g/mol. The van der Waals surface area contributed by atoms with Gasteiger partial charge in [0.2, 0.25) is 0 Å². The number of hydrogen-bond acceptors (Lipinski definition) is 5. The lowest BCUT2D eigenvalue weighted by molar-refractivity contribution is 0.0987. The number of rotatable bonds is 5. The lowest BCUT2D eigenvalue weighted by Gasteiger charge is -2.29. The van der Waals surface area contributed by atoms with Crippen molar-refractivity contribution in [2.75, 3.05) is 31.0 Å². The van der Waals surface area contributed by atoms with Gasteiger partial charge in [-0.05, 0) is 54.1 Å². The van der Waals surface area contributed by atoms with Gasteiger partial charge in [0.1, 0.15) is 17.1 Å². The molecule has 1 aliphatic rings. The van der Waals surface area contributed by atoms with E-state index >= 15 is 0 Å². The van der Waals surface area contributed by atoms with E-state index in [-0.39, 0.29) is 11.8 Å². The van der Waals surface area contributed by atoms with Crippen LogP contribution in [0, 0.1) is 0 Å². The quantitative estimate of drug-likeness (QED) is 0.652. The summed E-state index contributed by atoms with van der Waals surface area (Å²) >= 11 is 1.43. The molecular formula is C23H22N2O4S. The highest BCUT2D eigenvalue weighted by molar-refractivity contribution is 7.12. The molecule has 1 aliphatic heterocycles. The number of aryl methyl sites for hydroxylation is 1. The zero-order valence-electron chi connectivity index (χ0n) is 16.8. The smallest absolute Gasteiger partial charge is 0.268 e. The third-order valence-electron chi connectivity index (χ3n) is 5.09. The van der Waals surface area contributed by atoms with Crippen molar-refractivity contribution in [1.82, 2.24) is 0 Å². The van der Waals surface area contributed by atoms with Crippen LogP contribution in [0.25, 0.3) is 0 Å². The van der Waals surface area contributed by atoms with E-state index < -0.39 is 0 Å². The highest BCUT2D eigenvalue weighted by atomic mass is 32.1. The normalized spacial score (nSPS) is 12.8. The molecule has 0 unspecified atom stereocenters. The first kappa shape index (κ1) is 20.0. The van der Waals surface area contributed by atoms with Gasteiger partial charge in [0.05, 0.1) is 19.1 Å². The van der Waals surface area contributed by atoms with Crippen LogP contribution >= 0.6 is 11.3 Å². The predicted molar refractivity (Wildman–Crippen MR) is 118 cm³/mol. The van der Waals surface area contributed by atoms with Gasteiger partial charge in [0.25, 0.3) is 11.8 Å². The van der Waals surface area contributed by atoms with E-state index in [4.69, 9.17) is 9.47 Å². The summed E-state index contributed by atoms with van der Waals surface area (Å²) in [6, 6.07) is 14.6. The molecule has 1 N–H and O–H groups in total. The number of methoxy groups -OCH3 is 2. The number of ether oxygens (including phenoxy) is 2. The number of nitrogens with zero attached hydrogens (tertiary/aromatic N) is 1. The highest BCUT2D eigenvalue weighted by Crippen LogP contribution is 2.33. The van der Waals surface area contributed by atoms with Crippen molar-refractivity contribution < 1.29 is 19.1 Å². The number of amides is 2. The number of anilines is 2. The van der Waals surface area contributed by atoms with Crippen molar-refractivity contribution in [1.29, 1.82) is 0 Å². The molecule has 0 saturated heterocycles. The standard InChI is InChI=1S/C23H22N2O4S/c1-28-18-7-3-8-19(29-2)21(18)22(26)24-16-11-10-15-6-4-12-25(17(15)14-16)23(27)20-9-5-13-30-20/h3,5,7-11,13-14H,4,6,12H2,1-2H3,(H,24,26). The second-order valence-corrected chi connectivity index (χ2v) is 7.82. The Morgan fingerprint density at radius 2 is 1.80 bits per heavy atom. The van der Waals surface area contributed by atoms with Gasteiger partial charge >= 0.3 is 0 Å². The number of hydrogen-bond donors (Lipinski definition) is 1. The minimum Gasteiger partial charge on any atom is -0.496 e. The molecule has 3 aromatic rings. The summed E-state index contributed by atoms with van der Waals surface area (Å²) in [5.41, 5.74) is 2.87. The van der Waals surface area contributed by atoms with Crippen molar-refractivity contribution in [3.05, 3.63) is 69.9 Å². The zero-order chi connectivity index (χ0) is 21.1. The van der Waals surface area contributed by atoms with E-state index in [1.165, 1.54) is 25.6 Å². The molecular weight excluding hydrogens is 400 g/mol. The van der Waals surface area contributed by atoms with Crippen molar-refractivity contribution in [3.8, 4) is 11.5 Å². The number of carbonyl (C=O) groups excluding carboxylic acids is 2. The molecule has 2 aromatic carbocycles. The van der Waals surface area contributed by atoms with Crippen LogP contribution < -0.4 is 19.7 Å². The maximum atomic E-state index is 13.0. The molecule has 0 atom stereocenters. The van der Waals surface area contributed by atoms with Gasteiger partial charge < -0.3 is 19.7 Å². The summed E-state index contributed by atoms with van der Waals surface area (Å²) in [5, 5.41) is 4.82. The lowest BCUT2D eigenvalue weighted by atomic mass is 10.0. The van der Waals surface area contributed by atoms with Gasteiger partial charge in [-0.3, -0.25) is 9.59 Å². The Morgan fingerprint density at radius 3 is 2.47 bits per heavy atom. The Bertz CT molecular complexity index is 1060. The summed E-state index contributed by atoms with van der Waals surface area (Å²) in [5.74, 6) is 0.510. The van der Waals surface area contributed by atoms with Gasteiger partial charge in [-0.2, -0.15) is 0 Å². The maximum Gasteiger partial charge on any atom is 0.268 e. The maximum absolute atomic E-state index is 13.0. The van der Waals surface area contributed by atoms with Crippen LogP contribution in [0.3, 0.4) is 0 Å². The molecule has 0 spiro atoms. The fourth-order valence-corrected chi connectivity index (χ4v) is 4.34. The van der Waals surface area contributed by atoms with Crippen molar-refractivity contribution >= 4 is 34.5 Å². The van der Waals surface area contributed by atoms with E-state index in [1.54, 1.807) is 23.1 Å². The van der Waals surface area contributed by atoms with E-state index in [0.29, 0.717) is 34.2 Å². The zero-order valence-corrected chi connectivity index (χ0v) is 17.6. The van der Waals surface area contributed by atoms with Gasteiger partial charge in [-0.1, -0.05) is 18.2 Å². The Morgan fingerprint density at radius 1 is 1.03 bits per heavy atom. The molecule has 6 nitrogen and oxygen atoms in total. The Labute approximate surface area is 179 Å². The summed E-state index contributed by atoms with van der Waals surface area (Å²) in [6.07, 6.45) is 1.81. The topological polar surface area (TPSA) is 67.9 Å². The molecule has 0 aliphatic carbocycles. The lowest BCUT2D eigenvalue weighted by Crippen LogP contribution is -2.35. The molecule has 154 valence electrons. The number of benzene rings is 2. The van der Waals surface area contributed by atoms with E-state index in [9.17, 15) is 9.59 Å². The van der Waals surface area contributed by atoms with Gasteiger partial charge in [0, 0.05) is 17.9 Å². The van der Waals surface area contributed by atoms with Gasteiger partial charge in [-0.15, -0.1) is 11.3 Å². The highest BCUT2D eigenvalue weighted by Gasteiger charge is 2.25. The van der Waals surface area contributed by atoms with Gasteiger partial charge in [0.15, 0.2) is 0 Å². The molecule has 0 bridgehead atoms. The second kappa shape index (κ2) is 8.59. The second-order valence-electron chi connectivity index (χ2n) is 6.87. The minimum atomic E-state index is -0.337. The Kier molecular flexibility index (Phi) is 5.72. The average Bonchev–Trinajstić information content (AvgIpc) is 3.32. The van der Waals surface area contributed by atoms with Crippen molar-refractivity contribution in [2.24, 2.45) is 0 Å². The summed E-state index contributed by atoms with van der Waals surface area (Å²) in [4.78, 5) is 28.5. The first-order chi connectivity index (χ1) is 14.6. The van der Waals surface area contributed by atoms with E-state index in [1.807, 2.05) is 35.7 Å². The Balaban J connectivity index is 1.64. The van der Waals surface area contributed by atoms with Crippen molar-refractivity contribution in [2.45, 2.75) is 12.8 Å². The summed E-state index contributed by atoms with van der Waals surface area (Å²) in [7, 11) is 3.02. The largest absolute Gasteiger partial charge is 0.496 e. The molecule has 2 heterocycles. The van der Waals surface area contributed by atoms with Crippen LogP contribution in [0.15, 0.2) is 53.9 Å². The Hall–Kier alpha value is -3.32. The molecule has 1 aromatic heterocycles. The summed E-state index contributed by atoms with van der Waals surface area (Å²) in [6.45, 7) is 0.654. The first-order valence-corrected chi connectivity index (χ1v) is 10.5. The molecule has 0 saturated carbocycles. The van der Waals surface area contributed by atoms with Crippen LogP contribution in [0.5, 0.6) is 11.5 Å². The molecule has 4 rings (SSSR count). The van der Waals surface area contributed by atoms with Crippen LogP contribution in [0.1, 0.15) is 32.0 Å². The summed E-state index contributed by atoms with van der Waals surface area (Å²) < 4.78 is 10.7. The molecule has 0 fully saturated rings. The van der Waals surface area contributed by atoms with Crippen LogP contribution in [-0.4, -0.2) is 32.6 Å². The van der Waals surface area contributed by atoms with Crippen LogP contribution in [-0.2, 0) is 6.42 Å². The minimum absolute atomic E-state index is 0.0131. The number of fused-ring (bicyclic) bond motifs is 1. The molecule has 0 radical (unpaired) electrons.